The molecule has 2 aromatic rings. The van der Waals surface area contributed by atoms with Crippen LogP contribution in [0.3, 0.4) is 0 Å². The number of aryl methyl sites for hydroxylation is 3. The minimum atomic E-state index is 0.330. The lowest BCUT2D eigenvalue weighted by Crippen LogP contribution is -2.47. The van der Waals surface area contributed by atoms with E-state index in [1.165, 1.54) is 11.1 Å². The number of aliphatic imine (C=N–C) groups is 1. The largest absolute Gasteiger partial charge is 0.357 e. The Hall–Kier alpha value is -2.37. The van der Waals surface area contributed by atoms with Crippen LogP contribution in [0.25, 0.3) is 0 Å². The number of nitrogens with zero attached hydrogens (tertiary/aromatic N) is 4. The van der Waals surface area contributed by atoms with Crippen LogP contribution in [0.1, 0.15) is 55.9 Å². The second-order valence-corrected chi connectivity index (χ2v) is 7.39. The van der Waals surface area contributed by atoms with Crippen molar-refractivity contribution in [3.05, 3.63) is 47.0 Å². The van der Waals surface area contributed by atoms with Gasteiger partial charge in [-0.2, -0.15) is 5.10 Å². The Morgan fingerprint density at radius 3 is 2.78 bits per heavy atom. The van der Waals surface area contributed by atoms with E-state index in [-0.39, 0.29) is 0 Å². The van der Waals surface area contributed by atoms with Gasteiger partial charge in [-0.25, -0.2) is 9.67 Å². The zero-order chi connectivity index (χ0) is 19.2. The first kappa shape index (κ1) is 19.4. The second kappa shape index (κ2) is 9.02. The number of aromatic nitrogens is 3. The van der Waals surface area contributed by atoms with Gasteiger partial charge in [-0.3, -0.25) is 4.99 Å². The fraction of sp³-hybridized carbons (Fsp3) is 0.571. The van der Waals surface area contributed by atoms with E-state index < -0.39 is 0 Å². The number of nitrogens with one attached hydrogen (secondary N) is 2. The second-order valence-electron chi connectivity index (χ2n) is 7.39. The standard InChI is InChI=1S/C21H32N6/c1-5-19-25-20-12-11-18(14-27(20)26-19)24-21(22-6-2)23-13-16(4)17-9-7-15(3)8-10-17/h7-10,16,18H,5-6,11-14H2,1-4H3,(H2,22,23,24). The first-order valence-electron chi connectivity index (χ1n) is 10.1. The molecule has 1 aliphatic heterocycles. The van der Waals surface area contributed by atoms with E-state index in [0.29, 0.717) is 12.0 Å². The number of benzene rings is 1. The molecule has 2 heterocycles. The molecule has 3 rings (SSSR count). The minimum absolute atomic E-state index is 0.330. The van der Waals surface area contributed by atoms with Crippen LogP contribution in [0.2, 0.25) is 0 Å². The van der Waals surface area contributed by atoms with Crippen molar-refractivity contribution in [3.63, 3.8) is 0 Å². The average Bonchev–Trinajstić information content (AvgIpc) is 3.09. The molecule has 2 atom stereocenters. The Morgan fingerprint density at radius 2 is 2.07 bits per heavy atom. The van der Waals surface area contributed by atoms with Gasteiger partial charge in [-0.05, 0) is 25.8 Å². The molecule has 27 heavy (non-hydrogen) atoms. The number of rotatable bonds is 6. The maximum absolute atomic E-state index is 4.83. The molecule has 6 nitrogen and oxygen atoms in total. The van der Waals surface area contributed by atoms with Crippen LogP contribution >= 0.6 is 0 Å². The predicted molar refractivity (Wildman–Crippen MR) is 110 cm³/mol. The highest BCUT2D eigenvalue weighted by atomic mass is 15.4. The summed E-state index contributed by atoms with van der Waals surface area (Å²) in [6.07, 6.45) is 2.91. The molecule has 2 N–H and O–H groups in total. The Bertz CT molecular complexity index is 761. The van der Waals surface area contributed by atoms with Gasteiger partial charge in [0, 0.05) is 37.9 Å². The summed E-state index contributed by atoms with van der Waals surface area (Å²) in [5.74, 6) is 3.33. The molecule has 1 aromatic carbocycles. The summed E-state index contributed by atoms with van der Waals surface area (Å²) >= 11 is 0. The molecule has 2 unspecified atom stereocenters. The highest BCUT2D eigenvalue weighted by Crippen LogP contribution is 2.16. The van der Waals surface area contributed by atoms with Gasteiger partial charge < -0.3 is 10.6 Å². The van der Waals surface area contributed by atoms with Crippen molar-refractivity contribution >= 4 is 5.96 Å². The highest BCUT2D eigenvalue weighted by Gasteiger charge is 2.22. The van der Waals surface area contributed by atoms with Crippen molar-refractivity contribution in [1.29, 1.82) is 0 Å². The van der Waals surface area contributed by atoms with Gasteiger partial charge in [0.2, 0.25) is 0 Å². The zero-order valence-electron chi connectivity index (χ0n) is 17.0. The molecule has 1 aliphatic rings. The van der Waals surface area contributed by atoms with Crippen molar-refractivity contribution in [2.45, 2.75) is 65.5 Å². The van der Waals surface area contributed by atoms with E-state index in [4.69, 9.17) is 4.99 Å². The molecule has 0 fully saturated rings. The number of guanidine groups is 1. The van der Waals surface area contributed by atoms with Gasteiger partial charge in [0.1, 0.15) is 5.82 Å². The highest BCUT2D eigenvalue weighted by molar-refractivity contribution is 5.80. The fourth-order valence-electron chi connectivity index (χ4n) is 3.37. The third-order valence-electron chi connectivity index (χ3n) is 5.07. The normalized spacial score (nSPS) is 18.1. The summed E-state index contributed by atoms with van der Waals surface area (Å²) in [5, 5.41) is 11.6. The molecule has 0 aliphatic carbocycles. The van der Waals surface area contributed by atoms with Crippen LogP contribution < -0.4 is 10.6 Å². The van der Waals surface area contributed by atoms with Crippen molar-refractivity contribution in [1.82, 2.24) is 25.4 Å². The summed E-state index contributed by atoms with van der Waals surface area (Å²) < 4.78 is 2.05. The van der Waals surface area contributed by atoms with Crippen LogP contribution in [0.4, 0.5) is 0 Å². The molecule has 6 heteroatoms. The summed E-state index contributed by atoms with van der Waals surface area (Å²) in [4.78, 5) is 9.43. The van der Waals surface area contributed by atoms with Crippen LogP contribution in [0.5, 0.6) is 0 Å². The quantitative estimate of drug-likeness (QED) is 0.608. The summed E-state index contributed by atoms with van der Waals surface area (Å²) in [7, 11) is 0. The van der Waals surface area contributed by atoms with Crippen molar-refractivity contribution in [3.8, 4) is 0 Å². The maximum atomic E-state index is 4.83. The van der Waals surface area contributed by atoms with Crippen molar-refractivity contribution in [2.75, 3.05) is 13.1 Å². The van der Waals surface area contributed by atoms with Crippen LogP contribution in [0, 0.1) is 6.92 Å². The van der Waals surface area contributed by atoms with E-state index in [9.17, 15) is 0 Å². The first-order chi connectivity index (χ1) is 13.1. The lowest BCUT2D eigenvalue weighted by molar-refractivity contribution is 0.392. The SMILES string of the molecule is CCNC(=NCC(C)c1ccc(C)cc1)NC1CCc2nc(CC)nn2C1. The van der Waals surface area contributed by atoms with Gasteiger partial charge >= 0.3 is 0 Å². The van der Waals surface area contributed by atoms with Crippen molar-refractivity contribution in [2.24, 2.45) is 4.99 Å². The van der Waals surface area contributed by atoms with Gasteiger partial charge in [0.15, 0.2) is 11.8 Å². The molecule has 146 valence electrons. The summed E-state index contributed by atoms with van der Waals surface area (Å²) in [6.45, 7) is 11.0. The number of hydrogen-bond acceptors (Lipinski definition) is 3. The zero-order valence-corrected chi connectivity index (χ0v) is 17.0. The lowest BCUT2D eigenvalue weighted by atomic mass is 10.0. The first-order valence-corrected chi connectivity index (χ1v) is 10.1. The van der Waals surface area contributed by atoms with Gasteiger partial charge in [0.05, 0.1) is 6.54 Å². The monoisotopic (exact) mass is 368 g/mol. The summed E-state index contributed by atoms with van der Waals surface area (Å²) in [6, 6.07) is 9.07. The van der Waals surface area contributed by atoms with E-state index in [1.807, 2.05) is 0 Å². The Kier molecular flexibility index (Phi) is 6.48. The van der Waals surface area contributed by atoms with E-state index >= 15 is 0 Å². The molecule has 0 radical (unpaired) electrons. The fourth-order valence-corrected chi connectivity index (χ4v) is 3.37. The van der Waals surface area contributed by atoms with E-state index in [0.717, 1.165) is 56.5 Å². The van der Waals surface area contributed by atoms with Crippen LogP contribution in [-0.2, 0) is 19.4 Å². The average molecular weight is 369 g/mol. The van der Waals surface area contributed by atoms with E-state index in [2.05, 4.69) is 77.4 Å². The van der Waals surface area contributed by atoms with Gasteiger partial charge in [0.25, 0.3) is 0 Å². The third kappa shape index (κ3) is 5.08. The number of fused-ring (bicyclic) bond motifs is 1. The Morgan fingerprint density at radius 1 is 1.30 bits per heavy atom. The van der Waals surface area contributed by atoms with Gasteiger partial charge in [-0.1, -0.05) is 43.7 Å². The number of hydrogen-bond donors (Lipinski definition) is 2. The molecular weight excluding hydrogens is 336 g/mol. The molecule has 0 amide bonds. The topological polar surface area (TPSA) is 67.1 Å². The Balaban J connectivity index is 1.61. The molecular formula is C21H32N6. The molecule has 0 bridgehead atoms. The Labute approximate surface area is 162 Å². The van der Waals surface area contributed by atoms with Crippen LogP contribution in [-0.4, -0.2) is 39.9 Å². The maximum Gasteiger partial charge on any atom is 0.191 e. The molecule has 1 aromatic heterocycles. The molecule has 0 spiro atoms. The summed E-state index contributed by atoms with van der Waals surface area (Å²) in [5.41, 5.74) is 2.62. The van der Waals surface area contributed by atoms with Crippen molar-refractivity contribution < 1.29 is 0 Å². The molecule has 0 saturated heterocycles. The van der Waals surface area contributed by atoms with Crippen LogP contribution in [0.15, 0.2) is 29.3 Å². The van der Waals surface area contributed by atoms with Gasteiger partial charge in [-0.15, -0.1) is 0 Å². The predicted octanol–water partition coefficient (Wildman–Crippen LogP) is 2.82. The minimum Gasteiger partial charge on any atom is -0.357 e. The lowest BCUT2D eigenvalue weighted by Gasteiger charge is -2.25. The smallest absolute Gasteiger partial charge is 0.191 e. The third-order valence-corrected chi connectivity index (χ3v) is 5.07. The molecule has 0 saturated carbocycles. The van der Waals surface area contributed by atoms with E-state index in [1.54, 1.807) is 0 Å².